The Kier molecular flexibility index (Phi) is 5.28. The van der Waals surface area contributed by atoms with Gasteiger partial charge in [0.25, 0.3) is 5.56 Å². The predicted molar refractivity (Wildman–Crippen MR) is 108 cm³/mol. The number of quaternary nitrogens is 1. The summed E-state index contributed by atoms with van der Waals surface area (Å²) >= 11 is 5.83. The third-order valence-corrected chi connectivity index (χ3v) is 5.66. The summed E-state index contributed by atoms with van der Waals surface area (Å²) in [4.78, 5) is 38.4. The monoisotopic (exact) mass is 449 g/mol. The van der Waals surface area contributed by atoms with Crippen molar-refractivity contribution in [3.63, 3.8) is 0 Å². The number of nitrogens with zero attached hydrogens (tertiary/aromatic N) is 3. The number of amides is 1. The molecule has 1 aliphatic rings. The van der Waals surface area contributed by atoms with Crippen LogP contribution in [0.15, 0.2) is 23.0 Å². The molecular formula is C20H19ClFN4O5+. The van der Waals surface area contributed by atoms with Crippen LogP contribution >= 0.6 is 11.6 Å². The smallest absolute Gasteiger partial charge is 0.364 e. The third-order valence-electron chi connectivity index (χ3n) is 5.37. The molecule has 162 valence electrons. The number of esters is 1. The first-order valence-electron chi connectivity index (χ1n) is 9.46. The lowest BCUT2D eigenvalue weighted by Gasteiger charge is -2.20. The van der Waals surface area contributed by atoms with E-state index >= 15 is 0 Å². The van der Waals surface area contributed by atoms with E-state index in [2.05, 4.69) is 5.10 Å². The summed E-state index contributed by atoms with van der Waals surface area (Å²) in [6, 6.07) is 3.98. The first-order chi connectivity index (χ1) is 14.7. The van der Waals surface area contributed by atoms with E-state index in [9.17, 15) is 23.9 Å². The number of carbonyl (C=O) groups excluding carboxylic acids is 2. The Balaban J connectivity index is 1.96. The van der Waals surface area contributed by atoms with Crippen molar-refractivity contribution in [2.75, 3.05) is 20.7 Å². The van der Waals surface area contributed by atoms with Gasteiger partial charge in [0.2, 0.25) is 0 Å². The second kappa shape index (κ2) is 7.78. The maximum atomic E-state index is 13.5. The van der Waals surface area contributed by atoms with Gasteiger partial charge in [-0.05, 0) is 17.7 Å². The molecule has 1 unspecified atom stereocenters. The zero-order chi connectivity index (χ0) is 22.4. The standard InChI is InChI=1S/C20H18ClFN4O5/c1-24-5-6-25-16-13(8-14(27)31-2)23-26(9-10-3-4-12(22)11(21)7-10)19(29)15(16)18(28)17(25)20(24)30/h3-4,7,28H,5-6,8-9H2,1-2H3/p+1. The molecule has 0 saturated heterocycles. The van der Waals surface area contributed by atoms with Crippen LogP contribution < -0.4 is 10.5 Å². The third kappa shape index (κ3) is 3.47. The average Bonchev–Trinajstić information content (AvgIpc) is 3.04. The van der Waals surface area contributed by atoms with Gasteiger partial charge in [0.15, 0.2) is 11.4 Å². The van der Waals surface area contributed by atoms with Gasteiger partial charge in [0.05, 0.1) is 49.9 Å². The summed E-state index contributed by atoms with van der Waals surface area (Å²) in [5.41, 5.74) is 0.272. The summed E-state index contributed by atoms with van der Waals surface area (Å²) in [6.07, 6.45) is -0.267. The molecular weight excluding hydrogens is 431 g/mol. The number of carbonyl (C=O) groups is 2. The van der Waals surface area contributed by atoms with Crippen LogP contribution in [0, 0.1) is 5.82 Å². The van der Waals surface area contributed by atoms with Gasteiger partial charge in [-0.3, -0.25) is 14.5 Å². The minimum absolute atomic E-state index is 0.00587. The van der Waals surface area contributed by atoms with Crippen LogP contribution in [-0.4, -0.2) is 52.0 Å². The second-order valence-corrected chi connectivity index (χ2v) is 7.75. The number of ether oxygens (including phenoxy) is 1. The Morgan fingerprint density at radius 2 is 2.13 bits per heavy atom. The van der Waals surface area contributed by atoms with Gasteiger partial charge in [-0.1, -0.05) is 17.7 Å². The van der Waals surface area contributed by atoms with Crippen molar-refractivity contribution in [1.29, 1.82) is 0 Å². The van der Waals surface area contributed by atoms with Crippen molar-refractivity contribution in [3.05, 3.63) is 56.3 Å². The fourth-order valence-electron chi connectivity index (χ4n) is 3.77. The Labute approximate surface area is 180 Å². The summed E-state index contributed by atoms with van der Waals surface area (Å²) in [5, 5.41) is 14.9. The number of likely N-dealkylation sites (N-methyl/N-ethyl adjacent to an activating group) is 1. The molecule has 0 spiro atoms. The number of nitrogens with one attached hydrogen (secondary N) is 1. The zero-order valence-corrected chi connectivity index (χ0v) is 17.5. The SMILES string of the molecule is COC(=O)Cc1nn(Cc2ccc(F)c(Cl)c2)c(=O)c2c(O)c3n(c12)CC[NH+](C)C3=O. The van der Waals surface area contributed by atoms with E-state index in [1.165, 1.54) is 29.9 Å². The van der Waals surface area contributed by atoms with Gasteiger partial charge in [0, 0.05) is 0 Å². The highest BCUT2D eigenvalue weighted by Gasteiger charge is 2.36. The van der Waals surface area contributed by atoms with Crippen LogP contribution in [0.3, 0.4) is 0 Å². The molecule has 1 aliphatic heterocycles. The van der Waals surface area contributed by atoms with E-state index in [1.807, 2.05) is 0 Å². The van der Waals surface area contributed by atoms with Gasteiger partial charge in [-0.2, -0.15) is 5.10 Å². The number of hydrogen-bond acceptors (Lipinski definition) is 6. The Hall–Kier alpha value is -3.24. The quantitative estimate of drug-likeness (QED) is 0.548. The van der Waals surface area contributed by atoms with Gasteiger partial charge in [0.1, 0.15) is 17.7 Å². The Morgan fingerprint density at radius 3 is 2.81 bits per heavy atom. The van der Waals surface area contributed by atoms with Crippen molar-refractivity contribution >= 4 is 34.4 Å². The number of fused-ring (bicyclic) bond motifs is 3. The minimum atomic E-state index is -0.645. The number of halogens is 2. The first kappa shape index (κ1) is 21.0. The molecule has 0 bridgehead atoms. The number of aromatic hydroxyl groups is 1. The summed E-state index contributed by atoms with van der Waals surface area (Å²) in [6.45, 7) is 0.725. The molecule has 0 radical (unpaired) electrons. The maximum Gasteiger partial charge on any atom is 0.364 e. The molecule has 1 amide bonds. The largest absolute Gasteiger partial charge is 0.505 e. The lowest BCUT2D eigenvalue weighted by molar-refractivity contribution is -0.794. The van der Waals surface area contributed by atoms with E-state index in [-0.39, 0.29) is 46.2 Å². The number of aromatic nitrogens is 3. The molecule has 3 heterocycles. The van der Waals surface area contributed by atoms with E-state index in [4.69, 9.17) is 16.3 Å². The molecule has 0 aliphatic carbocycles. The molecule has 1 atom stereocenters. The summed E-state index contributed by atoms with van der Waals surface area (Å²) in [7, 11) is 2.90. The summed E-state index contributed by atoms with van der Waals surface area (Å²) in [5.74, 6) is -2.00. The van der Waals surface area contributed by atoms with Crippen LogP contribution in [0.1, 0.15) is 21.7 Å². The maximum absolute atomic E-state index is 13.5. The number of benzene rings is 1. The lowest BCUT2D eigenvalue weighted by Crippen LogP contribution is -3.13. The van der Waals surface area contributed by atoms with Crippen molar-refractivity contribution in [2.24, 2.45) is 0 Å². The van der Waals surface area contributed by atoms with E-state index in [0.29, 0.717) is 23.6 Å². The molecule has 9 nitrogen and oxygen atoms in total. The van der Waals surface area contributed by atoms with Crippen LogP contribution in [0.25, 0.3) is 10.9 Å². The molecule has 31 heavy (non-hydrogen) atoms. The number of methoxy groups -OCH3 is 1. The fraction of sp³-hybridized carbons (Fsp3) is 0.300. The van der Waals surface area contributed by atoms with Gasteiger partial charge in [-0.15, -0.1) is 0 Å². The van der Waals surface area contributed by atoms with E-state index in [0.717, 1.165) is 4.68 Å². The Morgan fingerprint density at radius 1 is 1.39 bits per heavy atom. The van der Waals surface area contributed by atoms with Crippen molar-refractivity contribution in [3.8, 4) is 5.75 Å². The number of rotatable bonds is 4. The van der Waals surface area contributed by atoms with Gasteiger partial charge in [-0.25, -0.2) is 13.9 Å². The van der Waals surface area contributed by atoms with Crippen LogP contribution in [0.5, 0.6) is 5.75 Å². The molecule has 4 rings (SSSR count). The van der Waals surface area contributed by atoms with Crippen LogP contribution in [0.2, 0.25) is 5.02 Å². The van der Waals surface area contributed by atoms with Crippen LogP contribution in [0.4, 0.5) is 4.39 Å². The second-order valence-electron chi connectivity index (χ2n) is 7.34. The topological polar surface area (TPSA) is 108 Å². The lowest BCUT2D eigenvalue weighted by atomic mass is 10.2. The van der Waals surface area contributed by atoms with E-state index in [1.54, 1.807) is 7.05 Å². The molecule has 1 aromatic carbocycles. The molecule has 3 aromatic rings. The molecule has 0 fully saturated rings. The highest BCUT2D eigenvalue weighted by molar-refractivity contribution is 6.30. The zero-order valence-electron chi connectivity index (χ0n) is 16.7. The molecule has 2 aromatic heterocycles. The highest BCUT2D eigenvalue weighted by Crippen LogP contribution is 2.32. The minimum Gasteiger partial charge on any atom is -0.505 e. The first-order valence-corrected chi connectivity index (χ1v) is 9.83. The Bertz CT molecular complexity index is 1300. The van der Waals surface area contributed by atoms with Gasteiger partial charge >= 0.3 is 11.9 Å². The molecule has 11 heteroatoms. The summed E-state index contributed by atoms with van der Waals surface area (Å²) < 4.78 is 20.8. The van der Waals surface area contributed by atoms with Gasteiger partial charge < -0.3 is 14.4 Å². The van der Waals surface area contributed by atoms with Crippen LogP contribution in [-0.2, 0) is 29.0 Å². The molecule has 2 N–H and O–H groups in total. The van der Waals surface area contributed by atoms with Crippen molar-refractivity contribution in [2.45, 2.75) is 19.5 Å². The van der Waals surface area contributed by atoms with E-state index < -0.39 is 23.1 Å². The van der Waals surface area contributed by atoms with Crippen molar-refractivity contribution < 1.29 is 28.7 Å². The predicted octanol–water partition coefficient (Wildman–Crippen LogP) is 0.128. The fourth-order valence-corrected chi connectivity index (χ4v) is 3.97. The van der Waals surface area contributed by atoms with Crippen molar-refractivity contribution in [1.82, 2.24) is 14.3 Å². The normalized spacial score (nSPS) is 15.9. The average molecular weight is 450 g/mol. The highest BCUT2D eigenvalue weighted by atomic mass is 35.5. The molecule has 0 saturated carbocycles. The number of hydrogen-bond donors (Lipinski definition) is 2.